The summed E-state index contributed by atoms with van der Waals surface area (Å²) in [5.41, 5.74) is 0.0684. The molecule has 0 bridgehead atoms. The van der Waals surface area contributed by atoms with Gasteiger partial charge in [0.1, 0.15) is 10.6 Å². The summed E-state index contributed by atoms with van der Waals surface area (Å²) in [6.45, 7) is 0. The molecule has 0 amide bonds. The Morgan fingerprint density at radius 3 is 2.33 bits per heavy atom. The second-order valence-corrected chi connectivity index (χ2v) is 4.54. The van der Waals surface area contributed by atoms with Crippen molar-refractivity contribution in [2.45, 2.75) is 11.2 Å². The maximum atomic E-state index is 12.0. The molecule has 0 atom stereocenters. The molecule has 0 aliphatic heterocycles. The van der Waals surface area contributed by atoms with E-state index in [9.17, 15) is 13.2 Å². The van der Waals surface area contributed by atoms with Gasteiger partial charge in [-0.25, -0.2) is 0 Å². The number of alkyl halides is 5. The van der Waals surface area contributed by atoms with E-state index in [0.29, 0.717) is 4.47 Å². The zero-order chi connectivity index (χ0) is 11.6. The predicted octanol–water partition coefficient (Wildman–Crippen LogP) is 4.82. The Hall–Kier alpha value is -0.130. The third-order valence-corrected chi connectivity index (χ3v) is 2.40. The zero-order valence-electron chi connectivity index (χ0n) is 6.99. The quantitative estimate of drug-likeness (QED) is 0.709. The maximum Gasteiger partial charge on any atom is 0.573 e. The molecule has 0 aromatic heterocycles. The van der Waals surface area contributed by atoms with Crippen molar-refractivity contribution in [3.63, 3.8) is 0 Å². The molecule has 0 saturated heterocycles. The largest absolute Gasteiger partial charge is 0.573 e. The average Bonchev–Trinajstić information content (AvgIpc) is 1.99. The predicted molar refractivity (Wildman–Crippen MR) is 55.3 cm³/mol. The number of benzene rings is 1. The van der Waals surface area contributed by atoms with Crippen molar-refractivity contribution in [1.82, 2.24) is 0 Å². The van der Waals surface area contributed by atoms with Crippen molar-refractivity contribution >= 4 is 39.1 Å². The lowest BCUT2D eigenvalue weighted by atomic mass is 10.2. The summed E-state index contributed by atoms with van der Waals surface area (Å²) in [6.07, 6.45) is -4.77. The summed E-state index contributed by atoms with van der Waals surface area (Å²) in [5, 5.41) is 0. The van der Waals surface area contributed by atoms with E-state index in [1.165, 1.54) is 12.1 Å². The molecule has 7 heteroatoms. The van der Waals surface area contributed by atoms with E-state index in [-0.39, 0.29) is 5.56 Å². The summed E-state index contributed by atoms with van der Waals surface area (Å²) in [6, 6.07) is 4.03. The molecular weight excluding hydrogens is 320 g/mol. The highest BCUT2D eigenvalue weighted by atomic mass is 79.9. The van der Waals surface area contributed by atoms with Crippen LogP contribution in [-0.4, -0.2) is 6.36 Å². The van der Waals surface area contributed by atoms with Crippen molar-refractivity contribution in [2.24, 2.45) is 0 Å². The normalized spacial score (nSPS) is 11.9. The summed E-state index contributed by atoms with van der Waals surface area (Å²) in [4.78, 5) is -1.07. The fourth-order valence-corrected chi connectivity index (χ4v) is 1.60. The second kappa shape index (κ2) is 4.80. The number of ether oxygens (including phenoxy) is 1. The molecule has 0 aliphatic rings. The fraction of sp³-hybridized carbons (Fsp3) is 0.250. The molecule has 1 aromatic rings. The minimum absolute atomic E-state index is 0.0684. The van der Waals surface area contributed by atoms with Crippen molar-refractivity contribution in [2.75, 3.05) is 0 Å². The lowest BCUT2D eigenvalue weighted by Crippen LogP contribution is -2.18. The monoisotopic (exact) mass is 322 g/mol. The lowest BCUT2D eigenvalue weighted by molar-refractivity contribution is -0.274. The molecule has 0 unspecified atom stereocenters. The van der Waals surface area contributed by atoms with Crippen LogP contribution in [0, 0.1) is 0 Å². The van der Waals surface area contributed by atoms with Gasteiger partial charge in [-0.05, 0) is 12.1 Å². The number of rotatable bonds is 2. The summed E-state index contributed by atoms with van der Waals surface area (Å²) >= 11 is 14.0. The molecule has 15 heavy (non-hydrogen) atoms. The molecule has 84 valence electrons. The zero-order valence-corrected chi connectivity index (χ0v) is 10.1. The molecule has 0 radical (unpaired) electrons. The van der Waals surface area contributed by atoms with Crippen LogP contribution in [0.4, 0.5) is 13.2 Å². The minimum atomic E-state index is -4.77. The van der Waals surface area contributed by atoms with E-state index in [1.54, 1.807) is 0 Å². The van der Waals surface area contributed by atoms with E-state index in [2.05, 4.69) is 20.7 Å². The molecule has 0 saturated carbocycles. The van der Waals surface area contributed by atoms with Gasteiger partial charge in [0.25, 0.3) is 0 Å². The lowest BCUT2D eigenvalue weighted by Gasteiger charge is -2.13. The van der Waals surface area contributed by atoms with Crippen LogP contribution >= 0.6 is 39.1 Å². The third kappa shape index (κ3) is 4.09. The molecule has 1 nitrogen and oxygen atoms in total. The van der Waals surface area contributed by atoms with E-state index >= 15 is 0 Å². The van der Waals surface area contributed by atoms with Crippen molar-refractivity contribution < 1.29 is 17.9 Å². The molecule has 0 heterocycles. The van der Waals surface area contributed by atoms with Crippen LogP contribution in [0.1, 0.15) is 10.4 Å². The Balaban J connectivity index is 3.08. The molecule has 0 aliphatic carbocycles. The van der Waals surface area contributed by atoms with E-state index in [1.807, 2.05) is 0 Å². The average molecular weight is 324 g/mol. The topological polar surface area (TPSA) is 9.23 Å². The van der Waals surface area contributed by atoms with E-state index < -0.39 is 16.9 Å². The Labute approximate surface area is 102 Å². The van der Waals surface area contributed by atoms with Crippen LogP contribution in [0.2, 0.25) is 0 Å². The summed E-state index contributed by atoms with van der Waals surface area (Å²) < 4.78 is 40.2. The smallest absolute Gasteiger partial charge is 0.405 e. The first kappa shape index (κ1) is 12.9. The van der Waals surface area contributed by atoms with Gasteiger partial charge >= 0.3 is 6.36 Å². The second-order valence-electron chi connectivity index (χ2n) is 2.53. The first-order valence-electron chi connectivity index (χ1n) is 3.63. The Bertz CT molecular complexity index is 354. The van der Waals surface area contributed by atoms with E-state index in [0.717, 1.165) is 6.07 Å². The van der Waals surface area contributed by atoms with Crippen molar-refractivity contribution in [3.8, 4) is 5.75 Å². The highest BCUT2D eigenvalue weighted by Gasteiger charge is 2.32. The van der Waals surface area contributed by atoms with Crippen molar-refractivity contribution in [1.29, 1.82) is 0 Å². The Morgan fingerprint density at radius 2 is 1.87 bits per heavy atom. The van der Waals surface area contributed by atoms with Crippen LogP contribution < -0.4 is 4.74 Å². The fourth-order valence-electron chi connectivity index (χ4n) is 0.902. The van der Waals surface area contributed by atoms with Gasteiger partial charge in [-0.1, -0.05) is 45.2 Å². The van der Waals surface area contributed by atoms with Crippen LogP contribution in [0.5, 0.6) is 5.75 Å². The molecule has 0 N–H and O–H groups in total. The first-order chi connectivity index (χ1) is 6.79. The van der Waals surface area contributed by atoms with Gasteiger partial charge in [-0.3, -0.25) is 0 Å². The van der Waals surface area contributed by atoms with E-state index in [4.69, 9.17) is 23.2 Å². The van der Waals surface area contributed by atoms with Gasteiger partial charge in [-0.15, -0.1) is 13.2 Å². The van der Waals surface area contributed by atoms with Gasteiger partial charge in [0.2, 0.25) is 0 Å². The number of halogens is 6. The van der Waals surface area contributed by atoms with Crippen LogP contribution in [0.3, 0.4) is 0 Å². The minimum Gasteiger partial charge on any atom is -0.405 e. The van der Waals surface area contributed by atoms with Gasteiger partial charge in [0.15, 0.2) is 0 Å². The maximum absolute atomic E-state index is 12.0. The van der Waals surface area contributed by atoms with Crippen molar-refractivity contribution in [3.05, 3.63) is 28.2 Å². The van der Waals surface area contributed by atoms with Gasteiger partial charge < -0.3 is 4.74 Å². The molecule has 1 rings (SSSR count). The molecule has 1 aromatic carbocycles. The van der Waals surface area contributed by atoms with Crippen LogP contribution in [0.15, 0.2) is 22.7 Å². The highest BCUT2D eigenvalue weighted by molar-refractivity contribution is 9.10. The number of hydrogen-bond donors (Lipinski definition) is 0. The highest BCUT2D eigenvalue weighted by Crippen LogP contribution is 2.37. The SMILES string of the molecule is FC(F)(F)Oc1cc(Br)ccc1C(Cl)Cl. The third-order valence-electron chi connectivity index (χ3n) is 1.44. The summed E-state index contributed by atoms with van der Waals surface area (Å²) in [7, 11) is 0. The standard InChI is InChI=1S/C8H4BrCl2F3O/c9-4-1-2-5(7(10)11)6(3-4)15-8(12,13)14/h1-3,7H. The number of hydrogen-bond acceptors (Lipinski definition) is 1. The summed E-state index contributed by atoms with van der Waals surface area (Å²) in [5.74, 6) is -0.410. The molecule has 0 fully saturated rings. The van der Waals surface area contributed by atoms with Crippen LogP contribution in [0.25, 0.3) is 0 Å². The van der Waals surface area contributed by atoms with Gasteiger partial charge in [0, 0.05) is 10.0 Å². The first-order valence-corrected chi connectivity index (χ1v) is 5.29. The van der Waals surface area contributed by atoms with Gasteiger partial charge in [-0.2, -0.15) is 0 Å². The Morgan fingerprint density at radius 1 is 1.27 bits per heavy atom. The molecular formula is C8H4BrCl2F3O. The van der Waals surface area contributed by atoms with Crippen LogP contribution in [-0.2, 0) is 0 Å². The van der Waals surface area contributed by atoms with Gasteiger partial charge in [0.05, 0.1) is 0 Å². The Kier molecular flexibility index (Phi) is 4.14. The molecule has 0 spiro atoms.